The van der Waals surface area contributed by atoms with E-state index in [1.165, 1.54) is 25.7 Å². The number of aromatic nitrogens is 4. The molecule has 16 heavy (non-hydrogen) atoms. The molecular formula is C11H19N5. The molecule has 5 heteroatoms. The van der Waals surface area contributed by atoms with Gasteiger partial charge in [0.05, 0.1) is 6.54 Å². The fraction of sp³-hybridized carbons (Fsp3) is 0.909. The third-order valence-corrected chi connectivity index (χ3v) is 3.79. The highest BCUT2D eigenvalue weighted by Gasteiger charge is 2.22. The van der Waals surface area contributed by atoms with Crippen LogP contribution in [0.4, 0.5) is 0 Å². The molecule has 88 valence electrons. The van der Waals surface area contributed by atoms with E-state index in [0.29, 0.717) is 5.92 Å². The van der Waals surface area contributed by atoms with E-state index in [9.17, 15) is 0 Å². The first-order valence-electron chi connectivity index (χ1n) is 6.40. The van der Waals surface area contributed by atoms with E-state index in [0.717, 1.165) is 37.8 Å². The second-order valence-electron chi connectivity index (χ2n) is 5.04. The first-order valence-corrected chi connectivity index (χ1v) is 6.40. The molecule has 5 nitrogen and oxygen atoms in total. The Morgan fingerprint density at radius 1 is 1.25 bits per heavy atom. The van der Waals surface area contributed by atoms with Gasteiger partial charge in [0.15, 0.2) is 5.82 Å². The number of nitrogens with zero attached hydrogens (tertiary/aromatic N) is 4. The highest BCUT2D eigenvalue weighted by Crippen LogP contribution is 2.25. The number of hydrogen-bond donors (Lipinski definition) is 1. The molecule has 2 aliphatic rings. The minimum absolute atomic E-state index is 0.484. The number of hydrogen-bond acceptors (Lipinski definition) is 4. The van der Waals surface area contributed by atoms with Crippen molar-refractivity contribution < 1.29 is 0 Å². The lowest BCUT2D eigenvalue weighted by Gasteiger charge is -2.06. The molecule has 2 heterocycles. The van der Waals surface area contributed by atoms with Crippen LogP contribution in [-0.4, -0.2) is 33.3 Å². The van der Waals surface area contributed by atoms with Gasteiger partial charge in [0.25, 0.3) is 0 Å². The minimum atomic E-state index is 0.484. The summed E-state index contributed by atoms with van der Waals surface area (Å²) in [6, 6.07) is 0. The third kappa shape index (κ3) is 2.09. The van der Waals surface area contributed by atoms with E-state index in [-0.39, 0.29) is 0 Å². The fourth-order valence-corrected chi connectivity index (χ4v) is 2.80. The van der Waals surface area contributed by atoms with Crippen molar-refractivity contribution >= 4 is 0 Å². The Balaban J connectivity index is 1.62. The zero-order valence-electron chi connectivity index (χ0n) is 9.60. The molecule has 3 rings (SSSR count). The molecule has 1 aromatic rings. The van der Waals surface area contributed by atoms with Crippen molar-refractivity contribution in [2.24, 2.45) is 5.92 Å². The molecule has 2 fully saturated rings. The van der Waals surface area contributed by atoms with Crippen molar-refractivity contribution in [2.75, 3.05) is 13.1 Å². The van der Waals surface area contributed by atoms with E-state index in [1.807, 2.05) is 4.80 Å². The highest BCUT2D eigenvalue weighted by atomic mass is 15.6. The largest absolute Gasteiger partial charge is 0.316 e. The van der Waals surface area contributed by atoms with Gasteiger partial charge in [-0.2, -0.15) is 4.80 Å². The molecule has 1 saturated heterocycles. The van der Waals surface area contributed by atoms with Crippen LogP contribution in [0.2, 0.25) is 0 Å². The zero-order valence-corrected chi connectivity index (χ0v) is 9.60. The van der Waals surface area contributed by atoms with E-state index in [2.05, 4.69) is 20.7 Å². The summed E-state index contributed by atoms with van der Waals surface area (Å²) >= 11 is 0. The fourth-order valence-electron chi connectivity index (χ4n) is 2.80. The number of tetrazole rings is 1. The van der Waals surface area contributed by atoms with E-state index in [1.54, 1.807) is 0 Å². The first-order chi connectivity index (χ1) is 7.92. The Kier molecular flexibility index (Phi) is 2.86. The van der Waals surface area contributed by atoms with Gasteiger partial charge in [-0.15, -0.1) is 10.2 Å². The van der Waals surface area contributed by atoms with Gasteiger partial charge in [0.1, 0.15) is 0 Å². The van der Waals surface area contributed by atoms with Crippen molar-refractivity contribution in [2.45, 2.75) is 44.6 Å². The lowest BCUT2D eigenvalue weighted by Crippen LogP contribution is -2.12. The second kappa shape index (κ2) is 4.49. The Hall–Kier alpha value is -0.970. The van der Waals surface area contributed by atoms with Crippen LogP contribution in [0.5, 0.6) is 0 Å². The van der Waals surface area contributed by atoms with Gasteiger partial charge >= 0.3 is 0 Å². The summed E-state index contributed by atoms with van der Waals surface area (Å²) < 4.78 is 0. The summed E-state index contributed by atoms with van der Waals surface area (Å²) in [4.78, 5) is 1.81. The first kappa shape index (κ1) is 10.2. The third-order valence-electron chi connectivity index (χ3n) is 3.79. The average molecular weight is 221 g/mol. The topological polar surface area (TPSA) is 55.6 Å². The lowest BCUT2D eigenvalue weighted by atomic mass is 10.1. The number of rotatable bonds is 3. The van der Waals surface area contributed by atoms with Crippen LogP contribution in [0.1, 0.15) is 43.8 Å². The molecule has 1 N–H and O–H groups in total. The van der Waals surface area contributed by atoms with Crippen molar-refractivity contribution in [3.8, 4) is 0 Å². The second-order valence-corrected chi connectivity index (χ2v) is 5.04. The predicted octanol–water partition coefficient (Wildman–Crippen LogP) is 0.940. The summed E-state index contributed by atoms with van der Waals surface area (Å²) in [5.74, 6) is 2.20. The van der Waals surface area contributed by atoms with Gasteiger partial charge in [-0.3, -0.25) is 0 Å². The van der Waals surface area contributed by atoms with Crippen molar-refractivity contribution in [1.82, 2.24) is 25.5 Å². The zero-order chi connectivity index (χ0) is 10.8. The van der Waals surface area contributed by atoms with Gasteiger partial charge in [0, 0.05) is 12.5 Å². The molecule has 0 amide bonds. The van der Waals surface area contributed by atoms with E-state index in [4.69, 9.17) is 0 Å². The maximum atomic E-state index is 4.51. The Labute approximate surface area is 95.6 Å². The lowest BCUT2D eigenvalue weighted by molar-refractivity contribution is 0.387. The van der Waals surface area contributed by atoms with Gasteiger partial charge in [-0.1, -0.05) is 12.8 Å². The molecule has 1 atom stereocenters. The predicted molar refractivity (Wildman–Crippen MR) is 60.0 cm³/mol. The normalized spacial score (nSPS) is 26.6. The highest BCUT2D eigenvalue weighted by molar-refractivity contribution is 4.96. The molecule has 0 aromatic carbocycles. The minimum Gasteiger partial charge on any atom is -0.316 e. The standard InChI is InChI=1S/C11H19N5/c1-2-4-9(3-1)8-16-14-11(13-15-16)10-5-6-12-7-10/h9-10,12H,1-8H2. The molecular weight excluding hydrogens is 202 g/mol. The monoisotopic (exact) mass is 221 g/mol. The summed E-state index contributed by atoms with van der Waals surface area (Å²) in [6.07, 6.45) is 6.57. The van der Waals surface area contributed by atoms with E-state index < -0.39 is 0 Å². The van der Waals surface area contributed by atoms with Gasteiger partial charge in [0.2, 0.25) is 0 Å². The molecule has 0 bridgehead atoms. The molecule has 1 saturated carbocycles. The Bertz CT molecular complexity index is 336. The van der Waals surface area contributed by atoms with E-state index >= 15 is 0 Å². The molecule has 0 radical (unpaired) electrons. The summed E-state index contributed by atoms with van der Waals surface area (Å²) in [7, 11) is 0. The summed E-state index contributed by atoms with van der Waals surface area (Å²) in [5.41, 5.74) is 0. The maximum Gasteiger partial charge on any atom is 0.179 e. The van der Waals surface area contributed by atoms with Crippen LogP contribution in [-0.2, 0) is 6.54 Å². The van der Waals surface area contributed by atoms with Crippen LogP contribution in [0.15, 0.2) is 0 Å². The van der Waals surface area contributed by atoms with Crippen LogP contribution < -0.4 is 5.32 Å². The SMILES string of the molecule is C1CCC(Cn2nnc(C3CCNC3)n2)C1. The average Bonchev–Trinajstić information content (AvgIpc) is 2.99. The molecule has 1 unspecified atom stereocenters. The molecule has 0 spiro atoms. The molecule has 1 aromatic heterocycles. The van der Waals surface area contributed by atoms with Crippen LogP contribution in [0.3, 0.4) is 0 Å². The Morgan fingerprint density at radius 2 is 2.12 bits per heavy atom. The van der Waals surface area contributed by atoms with Gasteiger partial charge in [-0.25, -0.2) is 0 Å². The van der Waals surface area contributed by atoms with Crippen molar-refractivity contribution in [1.29, 1.82) is 0 Å². The maximum absolute atomic E-state index is 4.51. The summed E-state index contributed by atoms with van der Waals surface area (Å²) in [5, 5.41) is 16.2. The van der Waals surface area contributed by atoms with Crippen molar-refractivity contribution in [3.05, 3.63) is 5.82 Å². The van der Waals surface area contributed by atoms with Gasteiger partial charge < -0.3 is 5.32 Å². The molecule has 1 aliphatic carbocycles. The number of nitrogens with one attached hydrogen (secondary N) is 1. The van der Waals surface area contributed by atoms with Crippen LogP contribution in [0, 0.1) is 5.92 Å². The quantitative estimate of drug-likeness (QED) is 0.825. The summed E-state index contributed by atoms with van der Waals surface area (Å²) in [6.45, 7) is 3.06. The van der Waals surface area contributed by atoms with Crippen molar-refractivity contribution in [3.63, 3.8) is 0 Å². The molecule has 1 aliphatic heterocycles. The van der Waals surface area contributed by atoms with Gasteiger partial charge in [-0.05, 0) is 36.9 Å². The van der Waals surface area contributed by atoms with Crippen LogP contribution in [0.25, 0.3) is 0 Å². The smallest absolute Gasteiger partial charge is 0.179 e. The Morgan fingerprint density at radius 3 is 2.88 bits per heavy atom. The van der Waals surface area contributed by atoms with Crippen LogP contribution >= 0.6 is 0 Å².